The number of nitrogens with zero attached hydrogens (tertiary/aromatic N) is 3. The molecule has 0 aromatic carbocycles. The van der Waals surface area contributed by atoms with Gasteiger partial charge in [-0.25, -0.2) is 4.79 Å². The first-order valence-electron chi connectivity index (χ1n) is 5.79. The third-order valence-corrected chi connectivity index (χ3v) is 3.28. The molecule has 1 aliphatic rings. The first-order valence-corrected chi connectivity index (χ1v) is 5.79. The van der Waals surface area contributed by atoms with Crippen molar-refractivity contribution in [3.8, 4) is 0 Å². The summed E-state index contributed by atoms with van der Waals surface area (Å²) in [6.07, 6.45) is 2.22. The van der Waals surface area contributed by atoms with E-state index in [0.29, 0.717) is 18.8 Å². The fourth-order valence-corrected chi connectivity index (χ4v) is 2.22. The summed E-state index contributed by atoms with van der Waals surface area (Å²) in [7, 11) is 1.76. The Morgan fingerprint density at radius 2 is 2.28 bits per heavy atom. The number of likely N-dealkylation sites (tertiary alicyclic amines) is 1. The van der Waals surface area contributed by atoms with Gasteiger partial charge in [0, 0.05) is 31.9 Å². The highest BCUT2D eigenvalue weighted by Crippen LogP contribution is 2.24. The van der Waals surface area contributed by atoms with Crippen molar-refractivity contribution in [1.29, 1.82) is 0 Å². The van der Waals surface area contributed by atoms with Crippen LogP contribution in [-0.4, -0.2) is 44.4 Å². The van der Waals surface area contributed by atoms with Gasteiger partial charge < -0.3 is 10.0 Å². The number of carbonyl (C=O) groups excluding carboxylic acids is 1. The molecule has 0 radical (unpaired) electrons. The molecule has 1 aromatic rings. The number of aliphatic carboxylic acids is 1. The van der Waals surface area contributed by atoms with Crippen LogP contribution in [0.1, 0.15) is 13.3 Å². The standard InChI is InChI=1S/C11H16N4O3/c1-7-8(10(16)17)3-6-15(7)11(18)12-9-4-5-14(2)13-9/h4-5,7-8H,3,6H2,1-2H3,(H,16,17)(H,12,13,18). The number of amides is 2. The van der Waals surface area contributed by atoms with Crippen molar-refractivity contribution in [2.24, 2.45) is 13.0 Å². The normalized spacial score (nSPS) is 23.1. The first-order chi connectivity index (χ1) is 8.49. The summed E-state index contributed by atoms with van der Waals surface area (Å²) >= 11 is 0. The van der Waals surface area contributed by atoms with E-state index in [4.69, 9.17) is 5.11 Å². The molecule has 7 nitrogen and oxygen atoms in total. The molecule has 98 valence electrons. The van der Waals surface area contributed by atoms with E-state index in [2.05, 4.69) is 10.4 Å². The van der Waals surface area contributed by atoms with E-state index in [9.17, 15) is 9.59 Å². The van der Waals surface area contributed by atoms with Crippen LogP contribution in [0.15, 0.2) is 12.3 Å². The van der Waals surface area contributed by atoms with E-state index >= 15 is 0 Å². The van der Waals surface area contributed by atoms with Crippen molar-refractivity contribution in [3.05, 3.63) is 12.3 Å². The molecule has 1 aliphatic heterocycles. The summed E-state index contributed by atoms with van der Waals surface area (Å²) in [4.78, 5) is 24.5. The smallest absolute Gasteiger partial charge is 0.323 e. The van der Waals surface area contributed by atoms with Crippen molar-refractivity contribution < 1.29 is 14.7 Å². The molecule has 2 atom stereocenters. The Balaban J connectivity index is 2.00. The van der Waals surface area contributed by atoms with E-state index in [1.165, 1.54) is 4.90 Å². The molecule has 2 unspecified atom stereocenters. The number of anilines is 1. The number of nitrogens with one attached hydrogen (secondary N) is 1. The predicted molar refractivity (Wildman–Crippen MR) is 64.1 cm³/mol. The molecule has 0 aliphatic carbocycles. The SMILES string of the molecule is CC1C(C(=O)O)CCN1C(=O)Nc1ccn(C)n1. The molecule has 0 bridgehead atoms. The zero-order valence-corrected chi connectivity index (χ0v) is 10.3. The highest BCUT2D eigenvalue weighted by atomic mass is 16.4. The summed E-state index contributed by atoms with van der Waals surface area (Å²) in [5.74, 6) is -0.872. The van der Waals surface area contributed by atoms with Gasteiger partial charge in [-0.05, 0) is 13.3 Å². The molecule has 1 aromatic heterocycles. The van der Waals surface area contributed by atoms with Gasteiger partial charge in [-0.15, -0.1) is 0 Å². The predicted octanol–water partition coefficient (Wildman–Crippen LogP) is 0.747. The first kappa shape index (κ1) is 12.4. The van der Waals surface area contributed by atoms with E-state index < -0.39 is 11.9 Å². The second-order valence-corrected chi connectivity index (χ2v) is 4.47. The maximum absolute atomic E-state index is 12.0. The van der Waals surface area contributed by atoms with Crippen LogP contribution in [-0.2, 0) is 11.8 Å². The van der Waals surface area contributed by atoms with Crippen molar-refractivity contribution in [3.63, 3.8) is 0 Å². The number of carboxylic acid groups (broad SMARTS) is 1. The van der Waals surface area contributed by atoms with Gasteiger partial charge in [0.05, 0.1) is 5.92 Å². The minimum Gasteiger partial charge on any atom is -0.481 e. The van der Waals surface area contributed by atoms with Crippen LogP contribution in [0.3, 0.4) is 0 Å². The van der Waals surface area contributed by atoms with Crippen molar-refractivity contribution in [2.75, 3.05) is 11.9 Å². The minimum absolute atomic E-state index is 0.300. The Kier molecular flexibility index (Phi) is 3.22. The molecule has 18 heavy (non-hydrogen) atoms. The Hall–Kier alpha value is -2.05. The molecule has 1 fully saturated rings. The fourth-order valence-electron chi connectivity index (χ4n) is 2.22. The van der Waals surface area contributed by atoms with Crippen molar-refractivity contribution >= 4 is 17.8 Å². The molecule has 1 saturated heterocycles. The third kappa shape index (κ3) is 2.29. The van der Waals surface area contributed by atoms with Crippen LogP contribution in [0, 0.1) is 5.92 Å². The minimum atomic E-state index is -0.851. The molecule has 2 rings (SSSR count). The molecular weight excluding hydrogens is 236 g/mol. The number of hydrogen-bond acceptors (Lipinski definition) is 3. The van der Waals surface area contributed by atoms with Gasteiger partial charge in [0.1, 0.15) is 0 Å². The number of carboxylic acids is 1. The zero-order chi connectivity index (χ0) is 13.3. The lowest BCUT2D eigenvalue weighted by Gasteiger charge is -2.22. The fraction of sp³-hybridized carbons (Fsp3) is 0.545. The Labute approximate surface area is 104 Å². The lowest BCUT2D eigenvalue weighted by molar-refractivity contribution is -0.142. The number of aryl methyl sites for hydroxylation is 1. The van der Waals surface area contributed by atoms with Gasteiger partial charge in [0.15, 0.2) is 5.82 Å². The van der Waals surface area contributed by atoms with Crippen LogP contribution in [0.5, 0.6) is 0 Å². The van der Waals surface area contributed by atoms with Crippen molar-refractivity contribution in [1.82, 2.24) is 14.7 Å². The van der Waals surface area contributed by atoms with Gasteiger partial charge >= 0.3 is 12.0 Å². The van der Waals surface area contributed by atoms with E-state index in [0.717, 1.165) is 0 Å². The number of hydrogen-bond donors (Lipinski definition) is 2. The molecule has 7 heteroatoms. The van der Waals surface area contributed by atoms with Gasteiger partial charge in [-0.2, -0.15) is 5.10 Å². The van der Waals surface area contributed by atoms with Crippen LogP contribution >= 0.6 is 0 Å². The zero-order valence-electron chi connectivity index (χ0n) is 10.3. The van der Waals surface area contributed by atoms with Gasteiger partial charge in [0.25, 0.3) is 0 Å². The molecule has 0 saturated carbocycles. The average Bonchev–Trinajstić information content (AvgIpc) is 2.85. The summed E-state index contributed by atoms with van der Waals surface area (Å²) in [5.41, 5.74) is 0. The summed E-state index contributed by atoms with van der Waals surface area (Å²) < 4.78 is 1.59. The van der Waals surface area contributed by atoms with Crippen LogP contribution in [0.4, 0.5) is 10.6 Å². The maximum Gasteiger partial charge on any atom is 0.323 e. The number of urea groups is 1. The molecule has 2 N–H and O–H groups in total. The monoisotopic (exact) mass is 252 g/mol. The number of rotatable bonds is 2. The topological polar surface area (TPSA) is 87.5 Å². The third-order valence-electron chi connectivity index (χ3n) is 3.28. The lowest BCUT2D eigenvalue weighted by Crippen LogP contribution is -2.40. The molecular formula is C11H16N4O3. The van der Waals surface area contributed by atoms with E-state index in [1.807, 2.05) is 0 Å². The molecule has 2 heterocycles. The average molecular weight is 252 g/mol. The summed E-state index contributed by atoms with van der Waals surface area (Å²) in [6.45, 7) is 2.21. The quantitative estimate of drug-likeness (QED) is 0.813. The highest BCUT2D eigenvalue weighted by molar-refractivity contribution is 5.89. The molecule has 2 amide bonds. The largest absolute Gasteiger partial charge is 0.481 e. The van der Waals surface area contributed by atoms with Gasteiger partial charge in [-0.3, -0.25) is 14.8 Å². The maximum atomic E-state index is 12.0. The van der Waals surface area contributed by atoms with Crippen LogP contribution in [0.25, 0.3) is 0 Å². The number of carbonyl (C=O) groups is 2. The lowest BCUT2D eigenvalue weighted by atomic mass is 10.0. The van der Waals surface area contributed by atoms with Crippen LogP contribution in [0.2, 0.25) is 0 Å². The van der Waals surface area contributed by atoms with Crippen molar-refractivity contribution in [2.45, 2.75) is 19.4 Å². The summed E-state index contributed by atoms with van der Waals surface area (Å²) in [6, 6.07) is 1.09. The van der Waals surface area contributed by atoms with E-state index in [1.54, 1.807) is 30.9 Å². The summed E-state index contributed by atoms with van der Waals surface area (Å²) in [5, 5.41) is 15.7. The van der Waals surface area contributed by atoms with Gasteiger partial charge in [-0.1, -0.05) is 0 Å². The molecule has 0 spiro atoms. The van der Waals surface area contributed by atoms with Crippen LogP contribution < -0.4 is 5.32 Å². The van der Waals surface area contributed by atoms with Gasteiger partial charge in [0.2, 0.25) is 0 Å². The number of aromatic nitrogens is 2. The Morgan fingerprint density at radius 1 is 1.56 bits per heavy atom. The Bertz CT molecular complexity index is 471. The second-order valence-electron chi connectivity index (χ2n) is 4.47. The second kappa shape index (κ2) is 4.67. The highest BCUT2D eigenvalue weighted by Gasteiger charge is 2.38. The van der Waals surface area contributed by atoms with E-state index in [-0.39, 0.29) is 12.1 Å². The Morgan fingerprint density at radius 3 is 2.78 bits per heavy atom.